The molecule has 2 heterocycles. The normalized spacial score (nSPS) is 11.8. The smallest absolute Gasteiger partial charge is 0.0794 e. The summed E-state index contributed by atoms with van der Waals surface area (Å²) in [5.74, 6) is 0. The van der Waals surface area contributed by atoms with E-state index in [1.807, 2.05) is 0 Å². The maximum absolute atomic E-state index is 5.33. The van der Waals surface area contributed by atoms with E-state index in [4.69, 9.17) is 4.98 Å². The van der Waals surface area contributed by atoms with E-state index >= 15 is 0 Å². The van der Waals surface area contributed by atoms with Gasteiger partial charge in [0.2, 0.25) is 0 Å². The maximum atomic E-state index is 5.33. The van der Waals surface area contributed by atoms with Gasteiger partial charge < -0.3 is 4.57 Å². The standard InChI is InChI=1S/C44H32N2/c1-27-23-28(2)43(29(3)24-27)31-19-22-42-39(26-31)36-16-8-9-18-41(36)46(42)32-12-10-11-30(25-32)40-21-20-38-35-15-5-4-13-33(35)34-14-6-7-17-37(34)44(38)45-40/h4-26H,1-3H3. The molecule has 0 N–H and O–H groups in total. The van der Waals surface area contributed by atoms with E-state index in [1.165, 1.54) is 76.6 Å². The first-order chi connectivity index (χ1) is 22.5. The Morgan fingerprint density at radius 3 is 1.78 bits per heavy atom. The zero-order chi connectivity index (χ0) is 30.9. The highest BCUT2D eigenvalue weighted by Gasteiger charge is 2.16. The highest BCUT2D eigenvalue weighted by molar-refractivity contribution is 6.24. The van der Waals surface area contributed by atoms with Crippen molar-refractivity contribution in [2.24, 2.45) is 0 Å². The minimum Gasteiger partial charge on any atom is -0.309 e. The number of fused-ring (bicyclic) bond motifs is 9. The van der Waals surface area contributed by atoms with Crippen LogP contribution in [-0.4, -0.2) is 9.55 Å². The average molecular weight is 589 g/mol. The van der Waals surface area contributed by atoms with Gasteiger partial charge in [0.15, 0.2) is 0 Å². The van der Waals surface area contributed by atoms with Crippen molar-refractivity contribution in [3.8, 4) is 28.1 Å². The monoisotopic (exact) mass is 588 g/mol. The van der Waals surface area contributed by atoms with Gasteiger partial charge in [0, 0.05) is 32.8 Å². The lowest BCUT2D eigenvalue weighted by molar-refractivity contribution is 1.18. The molecule has 9 aromatic rings. The second-order valence-corrected chi connectivity index (χ2v) is 12.6. The molecule has 0 aliphatic heterocycles. The lowest BCUT2D eigenvalue weighted by Gasteiger charge is -2.13. The summed E-state index contributed by atoms with van der Waals surface area (Å²) in [6.45, 7) is 6.62. The van der Waals surface area contributed by atoms with E-state index in [2.05, 4.69) is 165 Å². The SMILES string of the molecule is Cc1cc(C)c(-c2ccc3c(c2)c2ccccc2n3-c2cccc(-c3ccc4c5ccccc5c5ccccc5c4n3)c2)c(C)c1. The number of hydrogen-bond acceptors (Lipinski definition) is 1. The minimum atomic E-state index is 0.975. The average Bonchev–Trinajstić information content (AvgIpc) is 3.42. The minimum absolute atomic E-state index is 0.975. The summed E-state index contributed by atoms with van der Waals surface area (Å²) >= 11 is 0. The molecule has 0 radical (unpaired) electrons. The van der Waals surface area contributed by atoms with Crippen molar-refractivity contribution in [3.63, 3.8) is 0 Å². The first-order valence-corrected chi connectivity index (χ1v) is 16.0. The van der Waals surface area contributed by atoms with Crippen LogP contribution >= 0.6 is 0 Å². The number of para-hydroxylation sites is 1. The van der Waals surface area contributed by atoms with Gasteiger partial charge in [-0.05, 0) is 102 Å². The predicted octanol–water partition coefficient (Wildman–Crippen LogP) is 11.9. The number of benzene rings is 7. The quantitative estimate of drug-likeness (QED) is 0.188. The summed E-state index contributed by atoms with van der Waals surface area (Å²) in [4.78, 5) is 5.33. The van der Waals surface area contributed by atoms with E-state index in [1.54, 1.807) is 0 Å². The molecule has 0 saturated heterocycles. The van der Waals surface area contributed by atoms with Gasteiger partial charge in [-0.25, -0.2) is 4.98 Å². The van der Waals surface area contributed by atoms with Crippen molar-refractivity contribution in [3.05, 3.63) is 156 Å². The largest absolute Gasteiger partial charge is 0.309 e. The summed E-state index contributed by atoms with van der Waals surface area (Å²) in [5.41, 5.74) is 13.2. The Kier molecular flexibility index (Phi) is 5.88. The van der Waals surface area contributed by atoms with Crippen LogP contribution in [0.1, 0.15) is 16.7 Å². The van der Waals surface area contributed by atoms with Crippen molar-refractivity contribution in [2.45, 2.75) is 20.8 Å². The molecule has 7 aromatic carbocycles. The van der Waals surface area contributed by atoms with Crippen molar-refractivity contribution in [1.29, 1.82) is 0 Å². The molecule has 9 rings (SSSR count). The molecule has 0 unspecified atom stereocenters. The Labute approximate surface area is 268 Å². The summed E-state index contributed by atoms with van der Waals surface area (Å²) < 4.78 is 2.40. The molecule has 0 fully saturated rings. The molecule has 0 amide bonds. The molecule has 0 aliphatic rings. The molecule has 0 atom stereocenters. The van der Waals surface area contributed by atoms with Crippen LogP contribution in [0.4, 0.5) is 0 Å². The fourth-order valence-corrected chi connectivity index (χ4v) is 7.77. The Morgan fingerprint density at radius 1 is 0.435 bits per heavy atom. The molecule has 218 valence electrons. The lowest BCUT2D eigenvalue weighted by atomic mass is 9.93. The van der Waals surface area contributed by atoms with Crippen molar-refractivity contribution < 1.29 is 0 Å². The molecule has 0 saturated carbocycles. The van der Waals surface area contributed by atoms with Gasteiger partial charge in [0.05, 0.1) is 22.2 Å². The topological polar surface area (TPSA) is 17.8 Å². The van der Waals surface area contributed by atoms with Crippen LogP contribution in [0.5, 0.6) is 0 Å². The number of aryl methyl sites for hydroxylation is 3. The number of pyridine rings is 1. The van der Waals surface area contributed by atoms with Gasteiger partial charge in [0.25, 0.3) is 0 Å². The lowest BCUT2D eigenvalue weighted by Crippen LogP contribution is -1.95. The van der Waals surface area contributed by atoms with E-state index < -0.39 is 0 Å². The molecule has 2 aromatic heterocycles. The van der Waals surface area contributed by atoms with Crippen LogP contribution < -0.4 is 0 Å². The Morgan fingerprint density at radius 2 is 1.04 bits per heavy atom. The van der Waals surface area contributed by atoms with E-state index in [0.717, 1.165) is 22.5 Å². The molecular weight excluding hydrogens is 556 g/mol. The molecule has 2 nitrogen and oxygen atoms in total. The number of hydrogen-bond donors (Lipinski definition) is 0. The van der Waals surface area contributed by atoms with Crippen LogP contribution in [0.2, 0.25) is 0 Å². The first kappa shape index (κ1) is 26.7. The maximum Gasteiger partial charge on any atom is 0.0794 e. The molecular formula is C44H32N2. The fourth-order valence-electron chi connectivity index (χ4n) is 7.77. The Hall–Kier alpha value is -5.73. The van der Waals surface area contributed by atoms with Gasteiger partial charge in [-0.2, -0.15) is 0 Å². The Balaban J connectivity index is 1.23. The van der Waals surface area contributed by atoms with Crippen LogP contribution in [0.15, 0.2) is 140 Å². The molecule has 2 heteroatoms. The third kappa shape index (κ3) is 4.00. The predicted molar refractivity (Wildman–Crippen MR) is 196 cm³/mol. The van der Waals surface area contributed by atoms with Crippen molar-refractivity contribution in [1.82, 2.24) is 9.55 Å². The van der Waals surface area contributed by atoms with Crippen molar-refractivity contribution >= 4 is 54.3 Å². The van der Waals surface area contributed by atoms with Crippen LogP contribution in [0, 0.1) is 20.8 Å². The first-order valence-electron chi connectivity index (χ1n) is 16.0. The van der Waals surface area contributed by atoms with Crippen molar-refractivity contribution in [2.75, 3.05) is 0 Å². The number of aromatic nitrogens is 2. The van der Waals surface area contributed by atoms with E-state index in [0.29, 0.717) is 0 Å². The van der Waals surface area contributed by atoms with Gasteiger partial charge in [-0.1, -0.05) is 103 Å². The van der Waals surface area contributed by atoms with E-state index in [9.17, 15) is 0 Å². The number of nitrogens with zero attached hydrogens (tertiary/aromatic N) is 2. The highest BCUT2D eigenvalue weighted by atomic mass is 15.0. The van der Waals surface area contributed by atoms with E-state index in [-0.39, 0.29) is 0 Å². The summed E-state index contributed by atoms with van der Waals surface area (Å²) in [7, 11) is 0. The summed E-state index contributed by atoms with van der Waals surface area (Å²) in [6, 6.07) is 50.8. The molecule has 0 spiro atoms. The zero-order valence-corrected chi connectivity index (χ0v) is 26.2. The third-order valence-corrected chi connectivity index (χ3v) is 9.62. The second-order valence-electron chi connectivity index (χ2n) is 12.6. The molecule has 0 aliphatic carbocycles. The van der Waals surface area contributed by atoms with Crippen LogP contribution in [-0.2, 0) is 0 Å². The second kappa shape index (κ2) is 10.2. The Bertz CT molecular complexity index is 2620. The molecule has 46 heavy (non-hydrogen) atoms. The van der Waals surface area contributed by atoms with Crippen LogP contribution in [0.25, 0.3) is 82.3 Å². The van der Waals surface area contributed by atoms with Gasteiger partial charge >= 0.3 is 0 Å². The van der Waals surface area contributed by atoms with Gasteiger partial charge in [0.1, 0.15) is 0 Å². The summed E-state index contributed by atoms with van der Waals surface area (Å²) in [6.07, 6.45) is 0. The third-order valence-electron chi connectivity index (χ3n) is 9.62. The number of rotatable bonds is 3. The fraction of sp³-hybridized carbons (Fsp3) is 0.0682. The highest BCUT2D eigenvalue weighted by Crippen LogP contribution is 2.39. The summed E-state index contributed by atoms with van der Waals surface area (Å²) in [5, 5.41) is 8.64. The van der Waals surface area contributed by atoms with Gasteiger partial charge in [-0.3, -0.25) is 0 Å². The zero-order valence-electron chi connectivity index (χ0n) is 26.2. The van der Waals surface area contributed by atoms with Gasteiger partial charge in [-0.15, -0.1) is 0 Å². The van der Waals surface area contributed by atoms with Crippen LogP contribution in [0.3, 0.4) is 0 Å². The molecule has 0 bridgehead atoms.